The van der Waals surface area contributed by atoms with Crippen molar-refractivity contribution in [2.45, 2.75) is 39.5 Å². The van der Waals surface area contributed by atoms with Crippen LogP contribution in [-0.4, -0.2) is 43.6 Å². The normalized spacial score (nSPS) is 22.8. The lowest BCUT2D eigenvalue weighted by molar-refractivity contribution is -0.317. The molecule has 0 N–H and O–H groups in total. The van der Waals surface area contributed by atoms with Gasteiger partial charge in [0.25, 0.3) is 0 Å². The van der Waals surface area contributed by atoms with Gasteiger partial charge < -0.3 is 19.5 Å². The van der Waals surface area contributed by atoms with Gasteiger partial charge in [-0.25, -0.2) is 0 Å². The van der Waals surface area contributed by atoms with E-state index in [1.807, 2.05) is 39.0 Å². The number of hydrogen-bond acceptors (Lipinski definition) is 4. The Morgan fingerprint density at radius 3 is 2.46 bits per heavy atom. The molecule has 2 rings (SSSR count). The maximum absolute atomic E-state index is 13.2. The number of rotatable bonds is 6. The van der Waals surface area contributed by atoms with Crippen LogP contribution in [-0.2, 0) is 14.3 Å². The number of likely N-dealkylation sites (tertiary alicyclic amines) is 1. The van der Waals surface area contributed by atoms with E-state index in [0.29, 0.717) is 26.1 Å². The van der Waals surface area contributed by atoms with Gasteiger partial charge in [0.1, 0.15) is 0 Å². The molecule has 0 aromatic heterocycles. The van der Waals surface area contributed by atoms with E-state index in [9.17, 15) is 14.7 Å². The Morgan fingerprint density at radius 2 is 1.92 bits per heavy atom. The summed E-state index contributed by atoms with van der Waals surface area (Å²) in [6.07, 6.45) is 1.33. The van der Waals surface area contributed by atoms with Gasteiger partial charge >= 0.3 is 0 Å². The molecule has 5 nitrogen and oxygen atoms in total. The highest BCUT2D eigenvalue weighted by molar-refractivity contribution is 5.85. The van der Waals surface area contributed by atoms with Gasteiger partial charge in [0.15, 0.2) is 0 Å². The van der Waals surface area contributed by atoms with E-state index in [2.05, 4.69) is 12.1 Å². The smallest absolute Gasteiger partial charge is 0.226 e. The van der Waals surface area contributed by atoms with Crippen molar-refractivity contribution in [1.82, 2.24) is 4.90 Å². The maximum atomic E-state index is 13.2. The van der Waals surface area contributed by atoms with Crippen LogP contribution >= 0.6 is 0 Å². The van der Waals surface area contributed by atoms with Gasteiger partial charge in [-0.1, -0.05) is 51.1 Å². The highest BCUT2D eigenvalue weighted by atomic mass is 16.5. The molecule has 3 atom stereocenters. The van der Waals surface area contributed by atoms with Crippen molar-refractivity contribution < 1.29 is 19.4 Å². The lowest BCUT2D eigenvalue weighted by Gasteiger charge is -2.38. The Kier molecular flexibility index (Phi) is 6.81. The number of ether oxygens (including phenoxy) is 1. The predicted octanol–water partition coefficient (Wildman–Crippen LogP) is 2.07. The molecule has 0 spiro atoms. The number of carboxylic acids is 1. The van der Waals surface area contributed by atoms with Gasteiger partial charge in [-0.05, 0) is 23.8 Å². The Labute approximate surface area is 156 Å². The van der Waals surface area contributed by atoms with Crippen molar-refractivity contribution in [3.8, 4) is 0 Å². The second-order valence-corrected chi connectivity index (χ2v) is 8.23. The molecule has 1 aromatic rings. The number of carboxylic acid groups (broad SMARTS) is 1. The fraction of sp³-hybridized carbons (Fsp3) is 0.619. The van der Waals surface area contributed by atoms with Gasteiger partial charge in [0.2, 0.25) is 5.91 Å². The van der Waals surface area contributed by atoms with Crippen molar-refractivity contribution in [2.24, 2.45) is 17.3 Å². The molecule has 1 aromatic carbocycles. The van der Waals surface area contributed by atoms with Crippen LogP contribution < -0.4 is 5.11 Å². The van der Waals surface area contributed by atoms with Crippen molar-refractivity contribution in [3.63, 3.8) is 0 Å². The fourth-order valence-electron chi connectivity index (χ4n) is 4.02. The van der Waals surface area contributed by atoms with Gasteiger partial charge in [-0.2, -0.15) is 0 Å². The van der Waals surface area contributed by atoms with E-state index in [0.717, 1.165) is 6.42 Å². The molecule has 26 heavy (non-hydrogen) atoms. The summed E-state index contributed by atoms with van der Waals surface area (Å²) >= 11 is 0. The molecule has 1 saturated heterocycles. The summed E-state index contributed by atoms with van der Waals surface area (Å²) in [7, 11) is 1.60. The van der Waals surface area contributed by atoms with Gasteiger partial charge in [0.05, 0.1) is 6.61 Å². The summed E-state index contributed by atoms with van der Waals surface area (Å²) in [6.45, 7) is 7.08. The quantitative estimate of drug-likeness (QED) is 0.779. The summed E-state index contributed by atoms with van der Waals surface area (Å²) in [6, 6.07) is 10.1. The molecule has 144 valence electrons. The number of benzene rings is 1. The lowest BCUT2D eigenvalue weighted by atomic mass is 9.71. The highest BCUT2D eigenvalue weighted by Crippen LogP contribution is 2.39. The Hall–Kier alpha value is -1.88. The first-order valence-corrected chi connectivity index (χ1v) is 9.29. The van der Waals surface area contributed by atoms with Gasteiger partial charge in [-0.15, -0.1) is 0 Å². The van der Waals surface area contributed by atoms with E-state index in [1.54, 1.807) is 12.0 Å². The Balaban J connectivity index is 2.33. The predicted molar refractivity (Wildman–Crippen MR) is 98.3 cm³/mol. The first kappa shape index (κ1) is 20.4. The second-order valence-electron chi connectivity index (χ2n) is 8.23. The Bertz CT molecular complexity index is 608. The van der Waals surface area contributed by atoms with E-state index in [1.165, 1.54) is 5.56 Å². The summed E-state index contributed by atoms with van der Waals surface area (Å²) < 4.78 is 5.16. The lowest BCUT2D eigenvalue weighted by Crippen LogP contribution is -2.49. The third-order valence-corrected chi connectivity index (χ3v) is 5.32. The number of nitrogens with zero attached hydrogens (tertiary/aromatic N) is 1. The van der Waals surface area contributed by atoms with E-state index >= 15 is 0 Å². The number of carbonyl (C=O) groups is 2. The minimum atomic E-state index is -1.14. The molecule has 1 aliphatic heterocycles. The fourth-order valence-corrected chi connectivity index (χ4v) is 4.02. The first-order valence-electron chi connectivity index (χ1n) is 9.29. The van der Waals surface area contributed by atoms with Crippen LogP contribution in [0.3, 0.4) is 0 Å². The second kappa shape index (κ2) is 8.67. The summed E-state index contributed by atoms with van der Waals surface area (Å²) in [4.78, 5) is 26.8. The van der Waals surface area contributed by atoms with Crippen LogP contribution in [0.5, 0.6) is 0 Å². The van der Waals surface area contributed by atoms with E-state index in [4.69, 9.17) is 4.74 Å². The molecule has 1 amide bonds. The molecular weight excluding hydrogens is 330 g/mol. The SMILES string of the molecule is COCCN1C[C@@H](c2ccccc2)CC[C@H](C(C(=O)[O-])C(C)(C)C)C1=O. The highest BCUT2D eigenvalue weighted by Gasteiger charge is 2.41. The number of methoxy groups -OCH3 is 1. The number of amides is 1. The minimum absolute atomic E-state index is 0.0930. The van der Waals surface area contributed by atoms with Crippen LogP contribution in [0.4, 0.5) is 0 Å². The molecule has 1 aliphatic rings. The molecule has 0 bridgehead atoms. The van der Waals surface area contributed by atoms with Crippen molar-refractivity contribution >= 4 is 11.9 Å². The molecule has 0 saturated carbocycles. The van der Waals surface area contributed by atoms with Gasteiger partial charge in [-0.3, -0.25) is 4.79 Å². The number of aliphatic carboxylic acids is 1. The van der Waals surface area contributed by atoms with Crippen LogP contribution in [0.15, 0.2) is 30.3 Å². The Morgan fingerprint density at radius 1 is 1.27 bits per heavy atom. The summed E-state index contributed by atoms with van der Waals surface area (Å²) in [5, 5.41) is 11.9. The third-order valence-electron chi connectivity index (χ3n) is 5.32. The number of hydrogen-bond donors (Lipinski definition) is 0. The molecule has 5 heteroatoms. The standard InChI is InChI=1S/C21H31NO4/c1-21(2,3)18(20(24)25)17-11-10-16(15-8-6-5-7-9-15)14-22(19(17)23)12-13-26-4/h5-9,16-18H,10-14H2,1-4H3,(H,24,25)/p-1/t16-,17+,18?/m0/s1. The van der Waals surface area contributed by atoms with Crippen LogP contribution in [0.2, 0.25) is 0 Å². The third kappa shape index (κ3) is 4.85. The van der Waals surface area contributed by atoms with Gasteiger partial charge in [0, 0.05) is 43.9 Å². The van der Waals surface area contributed by atoms with Crippen molar-refractivity contribution in [3.05, 3.63) is 35.9 Å². The first-order chi connectivity index (χ1) is 12.3. The average Bonchev–Trinajstić information content (AvgIpc) is 2.73. The zero-order valence-electron chi connectivity index (χ0n) is 16.2. The molecule has 1 fully saturated rings. The maximum Gasteiger partial charge on any atom is 0.226 e. The molecule has 0 radical (unpaired) electrons. The van der Waals surface area contributed by atoms with Crippen LogP contribution in [0.25, 0.3) is 0 Å². The van der Waals surface area contributed by atoms with E-state index < -0.39 is 23.2 Å². The molecule has 1 unspecified atom stereocenters. The van der Waals surface area contributed by atoms with Crippen LogP contribution in [0.1, 0.15) is 45.1 Å². The van der Waals surface area contributed by atoms with Crippen molar-refractivity contribution in [1.29, 1.82) is 0 Å². The minimum Gasteiger partial charge on any atom is -0.550 e. The molecule has 0 aliphatic carbocycles. The van der Waals surface area contributed by atoms with Crippen molar-refractivity contribution in [2.75, 3.05) is 26.8 Å². The zero-order valence-corrected chi connectivity index (χ0v) is 16.2. The summed E-state index contributed by atoms with van der Waals surface area (Å²) in [5.74, 6) is -2.41. The zero-order chi connectivity index (χ0) is 19.3. The number of carbonyl (C=O) groups excluding carboxylic acids is 2. The average molecular weight is 360 g/mol. The monoisotopic (exact) mass is 360 g/mol. The molecule has 1 heterocycles. The summed E-state index contributed by atoms with van der Waals surface area (Å²) in [5.41, 5.74) is 0.641. The molecular formula is C21H30NO4-. The van der Waals surface area contributed by atoms with Crippen LogP contribution in [0, 0.1) is 17.3 Å². The van der Waals surface area contributed by atoms with E-state index in [-0.39, 0.29) is 11.8 Å². The largest absolute Gasteiger partial charge is 0.550 e. The topological polar surface area (TPSA) is 69.7 Å².